The number of halogens is 2. The first-order valence-electron chi connectivity index (χ1n) is 42.6. The summed E-state index contributed by atoms with van der Waals surface area (Å²) in [6.45, 7) is 7.79. The fourth-order valence-electron chi connectivity index (χ4n) is 16.3. The maximum atomic E-state index is 13.3. The van der Waals surface area contributed by atoms with Crippen LogP contribution in [0.25, 0.3) is 154 Å². The molecule has 0 aliphatic heterocycles. The number of fused-ring (bicyclic) bond motifs is 4. The lowest BCUT2D eigenvalue weighted by molar-refractivity contribution is -0.884. The van der Waals surface area contributed by atoms with E-state index in [0.717, 1.165) is 46.7 Å². The van der Waals surface area contributed by atoms with Gasteiger partial charge in [0.25, 0.3) is 0 Å². The van der Waals surface area contributed by atoms with E-state index in [2.05, 4.69) is 451 Å². The van der Waals surface area contributed by atoms with Crippen LogP contribution in [0.3, 0.4) is 0 Å². The third kappa shape index (κ3) is 20.5. The minimum Gasteiger partial charge on any atom is -0.327 e. The van der Waals surface area contributed by atoms with E-state index in [4.69, 9.17) is 0 Å². The highest BCUT2D eigenvalue weighted by atomic mass is 19.1. The Morgan fingerprint density at radius 3 is 0.829 bits per heavy atom. The van der Waals surface area contributed by atoms with Crippen LogP contribution in [-0.4, -0.2) is 89.1 Å². The van der Waals surface area contributed by atoms with Crippen LogP contribution in [0.5, 0.6) is 0 Å². The Kier molecular flexibility index (Phi) is 24.6. The molecule has 0 saturated carbocycles. The van der Waals surface area contributed by atoms with Crippen LogP contribution in [0, 0.1) is 11.6 Å². The molecule has 0 amide bonds. The highest BCUT2D eigenvalue weighted by Crippen LogP contribution is 2.41. The van der Waals surface area contributed by atoms with E-state index in [9.17, 15) is 8.78 Å². The Balaban J connectivity index is 0.000000128. The number of benzene rings is 18. The van der Waals surface area contributed by atoms with Crippen LogP contribution in [0.1, 0.15) is 31.9 Å². The summed E-state index contributed by atoms with van der Waals surface area (Å²) in [4.78, 5) is 0. The van der Waals surface area contributed by atoms with Crippen LogP contribution >= 0.6 is 0 Å². The van der Waals surface area contributed by atoms with Crippen molar-refractivity contribution < 1.29 is 13.3 Å². The van der Waals surface area contributed by atoms with Crippen molar-refractivity contribution in [3.63, 3.8) is 0 Å². The summed E-state index contributed by atoms with van der Waals surface area (Å²) < 4.78 is 29.9. The second kappa shape index (κ2) is 35.8. The summed E-state index contributed by atoms with van der Waals surface area (Å²) in [5.41, 5.74) is 31.0. The zero-order valence-corrected chi connectivity index (χ0v) is 73.8. The SMILES string of the molecule is CC(C)(C)c1ccc(-c2cccc(-c3cccc4cc(-c5cccc([N+](C)(C)C)c5)ccc34)c2)cc1.C[N+](C)(C)Cc1cccc(-c2ccc3c(-c4cccc(-c5ccccc5)c4)cccc3c2)c1.C[N+](C)(C)c1ccc(-c2ccc3c(-c4ccc(F)cc4)cccc3c2)cc1.C[N+](C)(C)c1cccc(-c2ccc3c(-c4ccc(F)cc4)cccc3c2)c1. The van der Waals surface area contributed by atoms with Crippen molar-refractivity contribution in [2.24, 2.45) is 0 Å². The lowest BCUT2D eigenvalue weighted by atomic mass is 9.86. The monoisotopic (exact) mass is 1610 g/mol. The Bertz CT molecular complexity index is 6770. The van der Waals surface area contributed by atoms with Crippen LogP contribution in [-0.2, 0) is 12.0 Å². The molecule has 4 nitrogen and oxygen atoms in total. The van der Waals surface area contributed by atoms with Gasteiger partial charge in [-0.15, -0.1) is 0 Å². The molecule has 123 heavy (non-hydrogen) atoms. The second-order valence-corrected chi connectivity index (χ2v) is 37.2. The summed E-state index contributed by atoms with van der Waals surface area (Å²) in [6.07, 6.45) is 0. The summed E-state index contributed by atoms with van der Waals surface area (Å²) >= 11 is 0. The van der Waals surface area contributed by atoms with Crippen molar-refractivity contribution in [3.8, 4) is 111 Å². The van der Waals surface area contributed by atoms with E-state index in [-0.39, 0.29) is 17.0 Å². The fraction of sp³-hybridized carbons (Fsp3) is 0.145. The van der Waals surface area contributed by atoms with Crippen molar-refractivity contribution in [1.29, 1.82) is 0 Å². The lowest BCUT2D eigenvalue weighted by Crippen LogP contribution is -2.34. The Hall–Kier alpha value is -13.3. The van der Waals surface area contributed by atoms with Gasteiger partial charge in [-0.2, -0.15) is 0 Å². The molecule has 610 valence electrons. The first kappa shape index (κ1) is 84.7. The molecule has 18 aromatic carbocycles. The molecule has 0 aliphatic carbocycles. The zero-order valence-electron chi connectivity index (χ0n) is 73.8. The van der Waals surface area contributed by atoms with Gasteiger partial charge in [0, 0.05) is 17.7 Å². The van der Waals surface area contributed by atoms with E-state index in [0.29, 0.717) is 0 Å². The molecule has 0 aromatic heterocycles. The van der Waals surface area contributed by atoms with Gasteiger partial charge in [-0.3, -0.25) is 13.4 Å². The van der Waals surface area contributed by atoms with Crippen molar-refractivity contribution in [3.05, 3.63) is 417 Å². The maximum Gasteiger partial charge on any atom is 0.132 e. The predicted octanol–water partition coefficient (Wildman–Crippen LogP) is 30.4. The number of nitrogens with zero attached hydrogens (tertiary/aromatic N) is 4. The average Bonchev–Trinajstić information content (AvgIpc) is 0.795. The standard InChI is InChI=1S/C35H36N.C32H30N.2C25H23FN/c1-35(2,3)31-19-16-25(17-20-31)26-10-7-12-29(22-26)33-15-9-13-30-23-28(18-21-34(30)33)27-11-8-14-32(24-27)36(4,5)6;1-33(2,3)23-24-10-7-13-26(20-24)28-18-19-32-30(22-28)16-9-17-31(32)29-15-8-14-27(21-29)25-11-5-4-6-12-25;1-27(2,3)23-8-4-6-19(17-23)20-12-15-25-21(16-20)7-5-9-24(25)18-10-13-22(26)14-11-18;1-27(2,3)23-14-9-18(10-15-23)20-11-16-25-21(17-20)5-4-6-24(25)19-7-12-22(26)13-8-19/h7-24H,1-6H3;4-22H,23H2,1-3H3;2*4-17H,1-3H3/q4*+1. The Morgan fingerprint density at radius 1 is 0.203 bits per heavy atom. The summed E-state index contributed by atoms with van der Waals surface area (Å²) in [6, 6.07) is 139. The number of quaternary nitrogens is 4. The first-order chi connectivity index (χ1) is 58.9. The minimum absolute atomic E-state index is 0.162. The maximum absolute atomic E-state index is 13.3. The van der Waals surface area contributed by atoms with E-state index >= 15 is 0 Å². The second-order valence-electron chi connectivity index (χ2n) is 37.2. The third-order valence-electron chi connectivity index (χ3n) is 23.2. The number of rotatable bonds is 15. The summed E-state index contributed by atoms with van der Waals surface area (Å²) in [5, 5.41) is 9.83. The molecule has 0 unspecified atom stereocenters. The molecule has 0 fully saturated rings. The third-order valence-corrected chi connectivity index (χ3v) is 23.2. The lowest BCUT2D eigenvalue weighted by Gasteiger charge is -2.24. The van der Waals surface area contributed by atoms with Gasteiger partial charge in [0.05, 0.1) is 84.6 Å². The Morgan fingerprint density at radius 2 is 0.472 bits per heavy atom. The molecule has 0 heterocycles. The highest BCUT2D eigenvalue weighted by Gasteiger charge is 2.20. The highest BCUT2D eigenvalue weighted by molar-refractivity contribution is 6.03. The van der Waals surface area contributed by atoms with Crippen LogP contribution in [0.15, 0.2) is 394 Å². The fourth-order valence-corrected chi connectivity index (χ4v) is 16.3. The molecule has 0 bridgehead atoms. The van der Waals surface area contributed by atoms with Gasteiger partial charge < -0.3 is 4.48 Å². The molecule has 18 aromatic rings. The van der Waals surface area contributed by atoms with Crippen molar-refractivity contribution in [2.45, 2.75) is 32.7 Å². The smallest absolute Gasteiger partial charge is 0.132 e. The van der Waals surface area contributed by atoms with E-state index in [1.165, 1.54) is 185 Å². The van der Waals surface area contributed by atoms with Gasteiger partial charge in [-0.05, 0) is 268 Å². The molecule has 0 N–H and O–H groups in total. The van der Waals surface area contributed by atoms with Crippen LogP contribution < -0.4 is 13.4 Å². The van der Waals surface area contributed by atoms with E-state index < -0.39 is 0 Å². The average molecular weight is 1610 g/mol. The normalized spacial score (nSPS) is 11.8. The number of hydrogen-bond acceptors (Lipinski definition) is 0. The van der Waals surface area contributed by atoms with E-state index in [1.54, 1.807) is 0 Å². The van der Waals surface area contributed by atoms with Gasteiger partial charge in [0.2, 0.25) is 0 Å². The molecule has 0 saturated heterocycles. The summed E-state index contributed by atoms with van der Waals surface area (Å²) in [5.74, 6) is -0.419. The molecule has 0 radical (unpaired) electrons. The largest absolute Gasteiger partial charge is 0.327 e. The van der Waals surface area contributed by atoms with Gasteiger partial charge in [-0.1, -0.05) is 300 Å². The van der Waals surface area contributed by atoms with Crippen LogP contribution in [0.4, 0.5) is 25.8 Å². The molecule has 0 atom stereocenters. The molecule has 0 spiro atoms. The molecular formula is C117H112F2N4+4. The first-order valence-corrected chi connectivity index (χ1v) is 42.6. The molecule has 0 aliphatic rings. The zero-order chi connectivity index (χ0) is 86.4. The molecular weight excluding hydrogens is 1500 g/mol. The van der Waals surface area contributed by atoms with Crippen LogP contribution in [0.2, 0.25) is 0 Å². The molecule has 18 rings (SSSR count). The quantitative estimate of drug-likeness (QED) is 0.0898. The Labute approximate surface area is 727 Å². The molecule has 6 heteroatoms. The number of hydrogen-bond donors (Lipinski definition) is 0. The van der Waals surface area contributed by atoms with Gasteiger partial charge in [0.1, 0.15) is 35.2 Å². The predicted molar refractivity (Wildman–Crippen MR) is 529 cm³/mol. The van der Waals surface area contributed by atoms with Crippen molar-refractivity contribution in [1.82, 2.24) is 13.4 Å². The van der Waals surface area contributed by atoms with Crippen molar-refractivity contribution >= 4 is 60.2 Å². The summed E-state index contributed by atoms with van der Waals surface area (Å²) in [7, 11) is 26.4. The van der Waals surface area contributed by atoms with Gasteiger partial charge in [0.15, 0.2) is 0 Å². The topological polar surface area (TPSA) is 0 Å². The van der Waals surface area contributed by atoms with Gasteiger partial charge in [-0.25, -0.2) is 8.78 Å². The van der Waals surface area contributed by atoms with E-state index in [1.807, 2.05) is 24.3 Å². The van der Waals surface area contributed by atoms with Crippen molar-refractivity contribution in [2.75, 3.05) is 84.6 Å². The van der Waals surface area contributed by atoms with Gasteiger partial charge >= 0.3 is 0 Å². The minimum atomic E-state index is -0.210.